The van der Waals surface area contributed by atoms with Crippen LogP contribution in [0, 0.1) is 0 Å². The van der Waals surface area contributed by atoms with Crippen LogP contribution in [-0.4, -0.2) is 37.3 Å². The standard InChI is InChI=1S/C10H14ClN3O/c11-9-6-13-2-1-10(9)14-3-4-15-7-8(14)5-12/h1-2,6,8H,3-5,7,12H2. The Bertz CT molecular complexity index is 334. The number of anilines is 1. The van der Waals surface area contributed by atoms with E-state index in [0.29, 0.717) is 18.2 Å². The zero-order chi connectivity index (χ0) is 10.7. The molecule has 2 heterocycles. The smallest absolute Gasteiger partial charge is 0.0822 e. The molecular weight excluding hydrogens is 214 g/mol. The van der Waals surface area contributed by atoms with Crippen molar-refractivity contribution in [2.24, 2.45) is 5.73 Å². The SMILES string of the molecule is NCC1COCCN1c1ccncc1Cl. The molecule has 1 fully saturated rings. The van der Waals surface area contributed by atoms with E-state index in [4.69, 9.17) is 22.1 Å². The van der Waals surface area contributed by atoms with Crippen LogP contribution in [0.3, 0.4) is 0 Å². The number of pyridine rings is 1. The number of nitrogens with two attached hydrogens (primary N) is 1. The van der Waals surface area contributed by atoms with E-state index >= 15 is 0 Å². The average Bonchev–Trinajstić information content (AvgIpc) is 2.30. The van der Waals surface area contributed by atoms with Gasteiger partial charge in [0.1, 0.15) is 0 Å². The van der Waals surface area contributed by atoms with Crippen molar-refractivity contribution in [2.45, 2.75) is 6.04 Å². The predicted molar refractivity (Wildman–Crippen MR) is 60.3 cm³/mol. The quantitative estimate of drug-likeness (QED) is 0.816. The van der Waals surface area contributed by atoms with Crippen molar-refractivity contribution in [3.05, 3.63) is 23.5 Å². The molecule has 0 aliphatic carbocycles. The summed E-state index contributed by atoms with van der Waals surface area (Å²) < 4.78 is 5.38. The molecule has 1 aliphatic rings. The average molecular weight is 228 g/mol. The van der Waals surface area contributed by atoms with Crippen LogP contribution < -0.4 is 10.6 Å². The summed E-state index contributed by atoms with van der Waals surface area (Å²) in [7, 11) is 0. The molecule has 0 aromatic carbocycles. The van der Waals surface area contributed by atoms with Gasteiger partial charge in [-0.05, 0) is 6.07 Å². The molecule has 1 saturated heterocycles. The van der Waals surface area contributed by atoms with Gasteiger partial charge in [0.05, 0.1) is 30.0 Å². The van der Waals surface area contributed by atoms with Crippen molar-refractivity contribution in [2.75, 3.05) is 31.2 Å². The van der Waals surface area contributed by atoms with Crippen LogP contribution in [0.5, 0.6) is 0 Å². The van der Waals surface area contributed by atoms with Crippen LogP contribution in [0.15, 0.2) is 18.5 Å². The van der Waals surface area contributed by atoms with Gasteiger partial charge in [-0.15, -0.1) is 0 Å². The third-order valence-electron chi connectivity index (χ3n) is 2.56. The lowest BCUT2D eigenvalue weighted by Gasteiger charge is -2.37. The first-order valence-corrected chi connectivity index (χ1v) is 5.34. The molecule has 5 heteroatoms. The third-order valence-corrected chi connectivity index (χ3v) is 2.85. The van der Waals surface area contributed by atoms with Gasteiger partial charge >= 0.3 is 0 Å². The van der Waals surface area contributed by atoms with Crippen molar-refractivity contribution >= 4 is 17.3 Å². The van der Waals surface area contributed by atoms with Gasteiger partial charge in [0.15, 0.2) is 0 Å². The minimum absolute atomic E-state index is 0.207. The fourth-order valence-electron chi connectivity index (χ4n) is 1.77. The van der Waals surface area contributed by atoms with Gasteiger partial charge in [0, 0.05) is 25.5 Å². The van der Waals surface area contributed by atoms with Crippen LogP contribution in [0.1, 0.15) is 0 Å². The molecule has 0 spiro atoms. The number of hydrogen-bond donors (Lipinski definition) is 1. The first-order chi connectivity index (χ1) is 7.33. The maximum absolute atomic E-state index is 6.09. The summed E-state index contributed by atoms with van der Waals surface area (Å²) in [5.41, 5.74) is 6.69. The first kappa shape index (κ1) is 10.7. The highest BCUT2D eigenvalue weighted by Crippen LogP contribution is 2.26. The first-order valence-electron chi connectivity index (χ1n) is 4.97. The van der Waals surface area contributed by atoms with E-state index in [9.17, 15) is 0 Å². The Labute approximate surface area is 94.0 Å². The van der Waals surface area contributed by atoms with Crippen LogP contribution in [0.2, 0.25) is 5.02 Å². The molecule has 2 rings (SSSR count). The largest absolute Gasteiger partial charge is 0.377 e. The summed E-state index contributed by atoms with van der Waals surface area (Å²) in [4.78, 5) is 6.16. The maximum Gasteiger partial charge on any atom is 0.0822 e. The van der Waals surface area contributed by atoms with Crippen molar-refractivity contribution in [3.63, 3.8) is 0 Å². The molecule has 0 radical (unpaired) electrons. The highest BCUT2D eigenvalue weighted by molar-refractivity contribution is 6.33. The maximum atomic E-state index is 6.09. The van der Waals surface area contributed by atoms with E-state index in [0.717, 1.165) is 18.8 Å². The number of hydrogen-bond acceptors (Lipinski definition) is 4. The molecule has 4 nitrogen and oxygen atoms in total. The van der Waals surface area contributed by atoms with Gasteiger partial charge in [0.25, 0.3) is 0 Å². The molecule has 0 bridgehead atoms. The molecule has 0 saturated carbocycles. The third kappa shape index (κ3) is 2.22. The fourth-order valence-corrected chi connectivity index (χ4v) is 2.00. The number of halogens is 1. The Morgan fingerprint density at radius 3 is 3.27 bits per heavy atom. The summed E-state index contributed by atoms with van der Waals surface area (Å²) in [6, 6.07) is 2.12. The van der Waals surface area contributed by atoms with Crippen LogP contribution in [0.25, 0.3) is 0 Å². The van der Waals surface area contributed by atoms with Crippen molar-refractivity contribution in [1.82, 2.24) is 4.98 Å². The molecule has 82 valence electrons. The van der Waals surface area contributed by atoms with Crippen LogP contribution in [-0.2, 0) is 4.74 Å². The van der Waals surface area contributed by atoms with Crippen molar-refractivity contribution < 1.29 is 4.74 Å². The lowest BCUT2D eigenvalue weighted by Crippen LogP contribution is -2.49. The second kappa shape index (κ2) is 4.79. The Morgan fingerprint density at radius 2 is 2.53 bits per heavy atom. The van der Waals surface area contributed by atoms with Gasteiger partial charge < -0.3 is 15.4 Å². The topological polar surface area (TPSA) is 51.4 Å². The minimum Gasteiger partial charge on any atom is -0.377 e. The normalized spacial score (nSPS) is 21.7. The van der Waals surface area contributed by atoms with E-state index in [1.165, 1.54) is 0 Å². The van der Waals surface area contributed by atoms with E-state index < -0.39 is 0 Å². The summed E-state index contributed by atoms with van der Waals surface area (Å²) in [5.74, 6) is 0. The molecule has 1 aromatic rings. The lowest BCUT2D eigenvalue weighted by molar-refractivity contribution is 0.0963. The van der Waals surface area contributed by atoms with Crippen LogP contribution in [0.4, 0.5) is 5.69 Å². The van der Waals surface area contributed by atoms with Gasteiger partial charge in [-0.2, -0.15) is 0 Å². The Kier molecular flexibility index (Phi) is 3.41. The fraction of sp³-hybridized carbons (Fsp3) is 0.500. The van der Waals surface area contributed by atoms with Crippen LogP contribution >= 0.6 is 11.6 Å². The molecule has 1 aliphatic heterocycles. The molecular formula is C10H14ClN3O. The number of rotatable bonds is 2. The number of aromatic nitrogens is 1. The molecule has 15 heavy (non-hydrogen) atoms. The highest BCUT2D eigenvalue weighted by atomic mass is 35.5. The Hall–Kier alpha value is -0.840. The molecule has 1 atom stereocenters. The minimum atomic E-state index is 0.207. The second-order valence-corrected chi connectivity index (χ2v) is 3.89. The molecule has 1 aromatic heterocycles. The van der Waals surface area contributed by atoms with E-state index in [2.05, 4.69) is 9.88 Å². The van der Waals surface area contributed by atoms with Gasteiger partial charge in [-0.25, -0.2) is 0 Å². The summed E-state index contributed by atoms with van der Waals surface area (Å²) in [6.07, 6.45) is 3.39. The van der Waals surface area contributed by atoms with E-state index in [1.54, 1.807) is 12.4 Å². The number of morpholine rings is 1. The Morgan fingerprint density at radius 1 is 1.67 bits per heavy atom. The lowest BCUT2D eigenvalue weighted by atomic mass is 10.2. The highest BCUT2D eigenvalue weighted by Gasteiger charge is 2.23. The van der Waals surface area contributed by atoms with Gasteiger partial charge in [-0.1, -0.05) is 11.6 Å². The van der Waals surface area contributed by atoms with E-state index in [-0.39, 0.29) is 6.04 Å². The summed E-state index contributed by atoms with van der Waals surface area (Å²) in [5, 5.41) is 0.665. The zero-order valence-electron chi connectivity index (χ0n) is 8.40. The van der Waals surface area contributed by atoms with Gasteiger partial charge in [-0.3, -0.25) is 4.98 Å². The van der Waals surface area contributed by atoms with E-state index in [1.807, 2.05) is 6.07 Å². The zero-order valence-corrected chi connectivity index (χ0v) is 9.15. The summed E-state index contributed by atoms with van der Waals surface area (Å²) in [6.45, 7) is 2.77. The van der Waals surface area contributed by atoms with Gasteiger partial charge in [0.2, 0.25) is 0 Å². The molecule has 2 N–H and O–H groups in total. The Balaban J connectivity index is 2.24. The molecule has 1 unspecified atom stereocenters. The molecule has 0 amide bonds. The summed E-state index contributed by atoms with van der Waals surface area (Å²) >= 11 is 6.09. The number of ether oxygens (including phenoxy) is 1. The monoisotopic (exact) mass is 227 g/mol. The number of nitrogens with zero attached hydrogens (tertiary/aromatic N) is 2. The van der Waals surface area contributed by atoms with Crippen molar-refractivity contribution in [3.8, 4) is 0 Å². The van der Waals surface area contributed by atoms with Crippen molar-refractivity contribution in [1.29, 1.82) is 0 Å². The predicted octanol–water partition coefficient (Wildman–Crippen LogP) is 0.899. The second-order valence-electron chi connectivity index (χ2n) is 3.48.